The highest BCUT2D eigenvalue weighted by molar-refractivity contribution is 6.40. The van der Waals surface area contributed by atoms with Crippen LogP contribution in [0.25, 0.3) is 0 Å². The molecule has 0 spiro atoms. The zero-order valence-corrected chi connectivity index (χ0v) is 14.8. The lowest BCUT2D eigenvalue weighted by Crippen LogP contribution is -2.37. The molecular weight excluding hydrogens is 346 g/mol. The molecule has 0 saturated heterocycles. The van der Waals surface area contributed by atoms with Crippen LogP contribution in [-0.4, -0.2) is 31.0 Å². The lowest BCUT2D eigenvalue weighted by Gasteiger charge is -2.15. The SMILES string of the molecule is COc1cc(NC(=O)C(=O)N[C@@H](C)c2cccnc2)c(OC)cc1Cl. The number of hydrogen-bond acceptors (Lipinski definition) is 5. The Balaban J connectivity index is 2.10. The van der Waals surface area contributed by atoms with E-state index in [0.717, 1.165) is 5.56 Å². The molecule has 1 aromatic heterocycles. The van der Waals surface area contributed by atoms with Crippen molar-refractivity contribution >= 4 is 29.1 Å². The maximum absolute atomic E-state index is 12.2. The zero-order valence-electron chi connectivity index (χ0n) is 14.0. The van der Waals surface area contributed by atoms with Gasteiger partial charge in [0.25, 0.3) is 0 Å². The highest BCUT2D eigenvalue weighted by Gasteiger charge is 2.20. The quantitative estimate of drug-likeness (QED) is 0.797. The van der Waals surface area contributed by atoms with Gasteiger partial charge in [0, 0.05) is 24.5 Å². The monoisotopic (exact) mass is 363 g/mol. The summed E-state index contributed by atoms with van der Waals surface area (Å²) in [5.74, 6) is -0.958. The largest absolute Gasteiger partial charge is 0.495 e. The summed E-state index contributed by atoms with van der Waals surface area (Å²) in [6.45, 7) is 1.76. The molecule has 2 aromatic rings. The van der Waals surface area contributed by atoms with Crippen LogP contribution in [0.3, 0.4) is 0 Å². The predicted molar refractivity (Wildman–Crippen MR) is 94.0 cm³/mol. The summed E-state index contributed by atoms with van der Waals surface area (Å²) in [6.07, 6.45) is 3.25. The number of methoxy groups -OCH3 is 2. The van der Waals surface area contributed by atoms with E-state index in [4.69, 9.17) is 21.1 Å². The van der Waals surface area contributed by atoms with Gasteiger partial charge >= 0.3 is 11.8 Å². The van der Waals surface area contributed by atoms with Gasteiger partial charge in [0.1, 0.15) is 11.5 Å². The first kappa shape index (κ1) is 18.5. The summed E-state index contributed by atoms with van der Waals surface area (Å²) in [4.78, 5) is 28.3. The van der Waals surface area contributed by atoms with Crippen molar-refractivity contribution in [1.82, 2.24) is 10.3 Å². The second kappa shape index (κ2) is 8.34. The van der Waals surface area contributed by atoms with Crippen LogP contribution in [0.1, 0.15) is 18.5 Å². The summed E-state index contributed by atoms with van der Waals surface area (Å²) in [6, 6.07) is 6.17. The smallest absolute Gasteiger partial charge is 0.313 e. The van der Waals surface area contributed by atoms with Gasteiger partial charge in [-0.05, 0) is 18.6 Å². The van der Waals surface area contributed by atoms with Crippen molar-refractivity contribution in [2.24, 2.45) is 0 Å². The van der Waals surface area contributed by atoms with Crippen molar-refractivity contribution in [2.45, 2.75) is 13.0 Å². The highest BCUT2D eigenvalue weighted by atomic mass is 35.5. The number of amides is 2. The Morgan fingerprint density at radius 3 is 2.48 bits per heavy atom. The molecule has 0 aliphatic heterocycles. The molecule has 1 heterocycles. The number of pyridine rings is 1. The van der Waals surface area contributed by atoms with Gasteiger partial charge in [0.2, 0.25) is 0 Å². The van der Waals surface area contributed by atoms with E-state index in [1.54, 1.807) is 25.4 Å². The summed E-state index contributed by atoms with van der Waals surface area (Å²) in [5.41, 5.74) is 1.06. The zero-order chi connectivity index (χ0) is 18.4. The van der Waals surface area contributed by atoms with Crippen LogP contribution in [0, 0.1) is 0 Å². The van der Waals surface area contributed by atoms with Crippen molar-refractivity contribution in [1.29, 1.82) is 0 Å². The number of anilines is 1. The number of carbonyl (C=O) groups excluding carboxylic acids is 2. The Bertz CT molecular complexity index is 768. The number of nitrogens with one attached hydrogen (secondary N) is 2. The van der Waals surface area contributed by atoms with Crippen molar-refractivity contribution in [2.75, 3.05) is 19.5 Å². The molecule has 0 unspecified atom stereocenters. The Morgan fingerprint density at radius 2 is 1.88 bits per heavy atom. The average molecular weight is 364 g/mol. The van der Waals surface area contributed by atoms with Gasteiger partial charge in [-0.2, -0.15) is 0 Å². The molecule has 0 saturated carbocycles. The van der Waals surface area contributed by atoms with Crippen LogP contribution in [-0.2, 0) is 9.59 Å². The van der Waals surface area contributed by atoms with Crippen LogP contribution < -0.4 is 20.1 Å². The summed E-state index contributed by atoms with van der Waals surface area (Å²) >= 11 is 6.01. The third-order valence-electron chi connectivity index (χ3n) is 3.46. The first-order valence-corrected chi connectivity index (χ1v) is 7.77. The number of nitrogens with zero attached hydrogens (tertiary/aromatic N) is 1. The van der Waals surface area contributed by atoms with Crippen molar-refractivity contribution in [3.8, 4) is 11.5 Å². The Morgan fingerprint density at radius 1 is 1.16 bits per heavy atom. The Hall–Kier alpha value is -2.80. The topological polar surface area (TPSA) is 89.5 Å². The van der Waals surface area contributed by atoms with Crippen molar-refractivity contribution in [3.05, 3.63) is 47.2 Å². The van der Waals surface area contributed by atoms with E-state index >= 15 is 0 Å². The van der Waals surface area contributed by atoms with Gasteiger partial charge in [0.05, 0.1) is 31.0 Å². The molecular formula is C17H18ClN3O4. The molecule has 1 aromatic carbocycles. The van der Waals surface area contributed by atoms with E-state index in [1.807, 2.05) is 6.07 Å². The molecule has 2 rings (SSSR count). The number of carbonyl (C=O) groups is 2. The molecule has 0 fully saturated rings. The van der Waals surface area contributed by atoms with Crippen LogP contribution in [0.15, 0.2) is 36.7 Å². The van der Waals surface area contributed by atoms with Gasteiger partial charge in [-0.25, -0.2) is 0 Å². The van der Waals surface area contributed by atoms with E-state index in [1.165, 1.54) is 26.4 Å². The average Bonchev–Trinajstić information content (AvgIpc) is 2.63. The summed E-state index contributed by atoms with van der Waals surface area (Å²) < 4.78 is 10.3. The second-order valence-electron chi connectivity index (χ2n) is 5.12. The minimum atomic E-state index is -0.835. The number of ether oxygens (including phenoxy) is 2. The standard InChI is InChI=1S/C17H18ClN3O4/c1-10(11-5-4-6-19-9-11)20-16(22)17(23)21-13-8-14(24-2)12(18)7-15(13)25-3/h4-10H,1-3H3,(H,20,22)(H,21,23)/t10-/m0/s1. The van der Waals surface area contributed by atoms with Gasteiger partial charge in [-0.1, -0.05) is 17.7 Å². The van der Waals surface area contributed by atoms with Crippen LogP contribution in [0.2, 0.25) is 5.02 Å². The fourth-order valence-electron chi connectivity index (χ4n) is 2.11. The molecule has 8 heteroatoms. The van der Waals surface area contributed by atoms with Crippen LogP contribution >= 0.6 is 11.6 Å². The summed E-state index contributed by atoms with van der Waals surface area (Å²) in [7, 11) is 2.87. The fourth-order valence-corrected chi connectivity index (χ4v) is 2.35. The van der Waals surface area contributed by atoms with Gasteiger partial charge < -0.3 is 20.1 Å². The van der Waals surface area contributed by atoms with E-state index in [2.05, 4.69) is 15.6 Å². The number of benzene rings is 1. The number of aromatic nitrogens is 1. The van der Waals surface area contributed by atoms with E-state index in [0.29, 0.717) is 16.5 Å². The third-order valence-corrected chi connectivity index (χ3v) is 3.76. The molecule has 0 aliphatic carbocycles. The lowest BCUT2D eigenvalue weighted by molar-refractivity contribution is -0.136. The predicted octanol–water partition coefficient (Wildman–Crippen LogP) is 2.57. The molecule has 1 atom stereocenters. The third kappa shape index (κ3) is 4.60. The summed E-state index contributed by atoms with van der Waals surface area (Å²) in [5, 5.41) is 5.42. The van der Waals surface area contributed by atoms with Crippen LogP contribution in [0.5, 0.6) is 11.5 Å². The lowest BCUT2D eigenvalue weighted by atomic mass is 10.1. The number of rotatable bonds is 5. The second-order valence-corrected chi connectivity index (χ2v) is 5.53. The number of halogens is 1. The first-order chi connectivity index (χ1) is 12.0. The maximum atomic E-state index is 12.2. The van der Waals surface area contributed by atoms with E-state index in [-0.39, 0.29) is 11.7 Å². The normalized spacial score (nSPS) is 11.4. The van der Waals surface area contributed by atoms with Gasteiger partial charge in [-0.3, -0.25) is 14.6 Å². The van der Waals surface area contributed by atoms with Gasteiger partial charge in [-0.15, -0.1) is 0 Å². The molecule has 0 radical (unpaired) electrons. The fraction of sp³-hybridized carbons (Fsp3) is 0.235. The molecule has 25 heavy (non-hydrogen) atoms. The molecule has 2 N–H and O–H groups in total. The van der Waals surface area contributed by atoms with E-state index < -0.39 is 11.8 Å². The Kier molecular flexibility index (Phi) is 6.19. The molecule has 7 nitrogen and oxygen atoms in total. The van der Waals surface area contributed by atoms with Crippen molar-refractivity contribution in [3.63, 3.8) is 0 Å². The molecule has 0 bridgehead atoms. The maximum Gasteiger partial charge on any atom is 0.313 e. The van der Waals surface area contributed by atoms with Crippen LogP contribution in [0.4, 0.5) is 5.69 Å². The van der Waals surface area contributed by atoms with Gasteiger partial charge in [0.15, 0.2) is 0 Å². The minimum Gasteiger partial charge on any atom is -0.495 e. The first-order valence-electron chi connectivity index (χ1n) is 7.39. The number of hydrogen-bond donors (Lipinski definition) is 2. The Labute approximate surface area is 150 Å². The van der Waals surface area contributed by atoms with E-state index in [9.17, 15) is 9.59 Å². The van der Waals surface area contributed by atoms with Crippen molar-refractivity contribution < 1.29 is 19.1 Å². The minimum absolute atomic E-state index is 0.276. The molecule has 0 aliphatic rings. The molecule has 132 valence electrons. The highest BCUT2D eigenvalue weighted by Crippen LogP contribution is 2.35. The molecule has 2 amide bonds.